The Hall–Kier alpha value is -3.77. The fourth-order valence-corrected chi connectivity index (χ4v) is 5.37. The molecule has 4 unspecified atom stereocenters. The maximum atomic E-state index is 13.9. The molecular formula is C27H24N2O4. The molecule has 2 saturated heterocycles. The van der Waals surface area contributed by atoms with Gasteiger partial charge < -0.3 is 4.74 Å². The van der Waals surface area contributed by atoms with E-state index < -0.39 is 35.3 Å². The lowest BCUT2D eigenvalue weighted by Crippen LogP contribution is -2.53. The average Bonchev–Trinajstić information content (AvgIpc) is 3.34. The maximum Gasteiger partial charge on any atom is 0.331 e. The van der Waals surface area contributed by atoms with Crippen molar-refractivity contribution < 1.29 is 19.1 Å². The summed E-state index contributed by atoms with van der Waals surface area (Å²) in [5, 5.41) is 3.42. The van der Waals surface area contributed by atoms with Crippen molar-refractivity contribution in [1.29, 1.82) is 0 Å². The molecule has 4 atom stereocenters. The van der Waals surface area contributed by atoms with Crippen molar-refractivity contribution >= 4 is 23.5 Å². The highest BCUT2D eigenvalue weighted by atomic mass is 16.5. The van der Waals surface area contributed by atoms with E-state index in [1.807, 2.05) is 55.5 Å². The molecular weight excluding hydrogens is 416 g/mol. The molecule has 2 amide bonds. The number of para-hydroxylation sites is 1. The standard InChI is InChI=1S/C27H24N2O4/c1-17-11-9-10-16-20(17)23-21-22(25(31)29(24(21)30)19-14-7-4-8-15-19)27(28-23,26(32)33-2)18-12-5-3-6-13-18/h3-16,21-23,28H,1-2H3. The van der Waals surface area contributed by atoms with Crippen LogP contribution in [0.15, 0.2) is 84.9 Å². The second-order valence-electron chi connectivity index (χ2n) is 8.50. The molecule has 3 aromatic rings. The molecule has 5 rings (SSSR count). The van der Waals surface area contributed by atoms with Crippen molar-refractivity contribution in [3.05, 3.63) is 102 Å². The van der Waals surface area contributed by atoms with Crippen molar-refractivity contribution in [3.63, 3.8) is 0 Å². The number of imide groups is 1. The molecule has 2 heterocycles. The van der Waals surface area contributed by atoms with Gasteiger partial charge in [-0.2, -0.15) is 0 Å². The Morgan fingerprint density at radius 3 is 2.12 bits per heavy atom. The Kier molecular flexibility index (Phi) is 5.10. The molecule has 33 heavy (non-hydrogen) atoms. The van der Waals surface area contributed by atoms with Gasteiger partial charge in [0.25, 0.3) is 0 Å². The number of nitrogens with zero attached hydrogens (tertiary/aromatic N) is 1. The smallest absolute Gasteiger partial charge is 0.331 e. The lowest BCUT2D eigenvalue weighted by atomic mass is 9.75. The Morgan fingerprint density at radius 1 is 0.879 bits per heavy atom. The van der Waals surface area contributed by atoms with E-state index in [9.17, 15) is 14.4 Å². The molecule has 0 saturated carbocycles. The van der Waals surface area contributed by atoms with Crippen LogP contribution in [0.4, 0.5) is 5.69 Å². The zero-order chi connectivity index (χ0) is 23.2. The van der Waals surface area contributed by atoms with Gasteiger partial charge in [0.1, 0.15) is 0 Å². The van der Waals surface area contributed by atoms with Crippen LogP contribution in [0.25, 0.3) is 0 Å². The zero-order valence-electron chi connectivity index (χ0n) is 18.4. The lowest BCUT2D eigenvalue weighted by molar-refractivity contribution is -0.152. The van der Waals surface area contributed by atoms with Crippen molar-refractivity contribution in [1.82, 2.24) is 5.32 Å². The van der Waals surface area contributed by atoms with Crippen LogP contribution in [0.1, 0.15) is 22.7 Å². The highest BCUT2D eigenvalue weighted by Gasteiger charge is 2.69. The van der Waals surface area contributed by atoms with Gasteiger partial charge in [-0.05, 0) is 35.7 Å². The molecule has 0 aromatic heterocycles. The first-order valence-electron chi connectivity index (χ1n) is 10.9. The monoisotopic (exact) mass is 440 g/mol. The second kappa shape index (κ2) is 7.98. The largest absolute Gasteiger partial charge is 0.467 e. The minimum Gasteiger partial charge on any atom is -0.467 e. The summed E-state index contributed by atoms with van der Waals surface area (Å²) < 4.78 is 5.26. The van der Waals surface area contributed by atoms with E-state index in [0.29, 0.717) is 11.3 Å². The van der Waals surface area contributed by atoms with Gasteiger partial charge in [0.15, 0.2) is 5.54 Å². The van der Waals surface area contributed by atoms with E-state index >= 15 is 0 Å². The van der Waals surface area contributed by atoms with Crippen molar-refractivity contribution in [2.75, 3.05) is 12.0 Å². The average molecular weight is 440 g/mol. The Morgan fingerprint density at radius 2 is 1.48 bits per heavy atom. The van der Waals surface area contributed by atoms with Gasteiger partial charge in [-0.15, -0.1) is 0 Å². The van der Waals surface area contributed by atoms with Crippen LogP contribution in [0.5, 0.6) is 0 Å². The van der Waals surface area contributed by atoms with E-state index in [1.54, 1.807) is 36.4 Å². The van der Waals surface area contributed by atoms with Gasteiger partial charge in [0.2, 0.25) is 11.8 Å². The molecule has 166 valence electrons. The number of carbonyl (C=O) groups excluding carboxylic acids is 3. The molecule has 0 radical (unpaired) electrons. The molecule has 3 aromatic carbocycles. The fourth-order valence-electron chi connectivity index (χ4n) is 5.37. The number of anilines is 1. The quantitative estimate of drug-likeness (QED) is 0.496. The second-order valence-corrected chi connectivity index (χ2v) is 8.50. The number of rotatable bonds is 4. The fraction of sp³-hybridized carbons (Fsp3) is 0.222. The van der Waals surface area contributed by atoms with Crippen LogP contribution in [0, 0.1) is 18.8 Å². The minimum atomic E-state index is -1.50. The number of esters is 1. The third kappa shape index (κ3) is 3.02. The predicted molar refractivity (Wildman–Crippen MR) is 123 cm³/mol. The molecule has 2 aliphatic rings. The van der Waals surface area contributed by atoms with Crippen LogP contribution in [0.3, 0.4) is 0 Å². The Labute approximate surface area is 192 Å². The zero-order valence-corrected chi connectivity index (χ0v) is 18.4. The number of hydrogen-bond donors (Lipinski definition) is 1. The molecule has 0 spiro atoms. The number of hydrogen-bond acceptors (Lipinski definition) is 5. The van der Waals surface area contributed by atoms with Crippen molar-refractivity contribution in [2.45, 2.75) is 18.5 Å². The lowest BCUT2D eigenvalue weighted by Gasteiger charge is -2.33. The van der Waals surface area contributed by atoms with Crippen molar-refractivity contribution in [2.24, 2.45) is 11.8 Å². The van der Waals surface area contributed by atoms with Crippen LogP contribution in [-0.2, 0) is 24.7 Å². The van der Waals surface area contributed by atoms with Crippen molar-refractivity contribution in [3.8, 4) is 0 Å². The summed E-state index contributed by atoms with van der Waals surface area (Å²) in [7, 11) is 1.31. The Balaban J connectivity index is 1.75. The summed E-state index contributed by atoms with van der Waals surface area (Å²) in [5.41, 5.74) is 1.45. The summed E-state index contributed by atoms with van der Waals surface area (Å²) in [6.45, 7) is 1.96. The number of methoxy groups -OCH3 is 1. The summed E-state index contributed by atoms with van der Waals surface area (Å²) in [5.74, 6) is -3.04. The molecule has 6 nitrogen and oxygen atoms in total. The first kappa shape index (κ1) is 21.1. The number of carbonyl (C=O) groups is 3. The highest BCUT2D eigenvalue weighted by Crippen LogP contribution is 2.54. The molecule has 0 aliphatic carbocycles. The van der Waals surface area contributed by atoms with Gasteiger partial charge in [-0.1, -0.05) is 72.8 Å². The first-order chi connectivity index (χ1) is 16.0. The van der Waals surface area contributed by atoms with Crippen LogP contribution >= 0.6 is 0 Å². The van der Waals surface area contributed by atoms with Crippen LogP contribution in [0.2, 0.25) is 0 Å². The molecule has 0 bridgehead atoms. The van der Waals surface area contributed by atoms with Gasteiger partial charge in [-0.3, -0.25) is 14.9 Å². The van der Waals surface area contributed by atoms with Gasteiger partial charge in [0, 0.05) is 6.04 Å². The van der Waals surface area contributed by atoms with Crippen LogP contribution in [-0.4, -0.2) is 24.9 Å². The third-order valence-corrected chi connectivity index (χ3v) is 6.83. The number of aryl methyl sites for hydroxylation is 1. The number of ether oxygens (including phenoxy) is 1. The molecule has 6 heteroatoms. The van der Waals surface area contributed by atoms with E-state index in [1.165, 1.54) is 12.0 Å². The molecule has 2 fully saturated rings. The third-order valence-electron chi connectivity index (χ3n) is 6.83. The number of benzene rings is 3. The minimum absolute atomic E-state index is 0.321. The Bertz CT molecular complexity index is 1230. The maximum absolute atomic E-state index is 13.9. The van der Waals surface area contributed by atoms with Gasteiger partial charge in [0.05, 0.1) is 24.6 Å². The molecule has 1 N–H and O–H groups in total. The summed E-state index contributed by atoms with van der Waals surface area (Å²) >= 11 is 0. The SMILES string of the molecule is COC(=O)C1(c2ccccc2)NC(c2ccccc2C)C2C(=O)N(c3ccccc3)C(=O)C21. The number of nitrogens with one attached hydrogen (secondary N) is 1. The van der Waals surface area contributed by atoms with E-state index in [0.717, 1.165) is 11.1 Å². The van der Waals surface area contributed by atoms with E-state index in [2.05, 4.69) is 5.32 Å². The summed E-state index contributed by atoms with van der Waals surface area (Å²) in [6, 6.07) is 25.1. The summed E-state index contributed by atoms with van der Waals surface area (Å²) in [4.78, 5) is 42.5. The van der Waals surface area contributed by atoms with Gasteiger partial charge >= 0.3 is 5.97 Å². The molecule has 2 aliphatic heterocycles. The summed E-state index contributed by atoms with van der Waals surface area (Å²) in [6.07, 6.45) is 0. The number of fused-ring (bicyclic) bond motifs is 1. The predicted octanol–water partition coefficient (Wildman–Crippen LogP) is 3.51. The number of amides is 2. The van der Waals surface area contributed by atoms with Gasteiger partial charge in [-0.25, -0.2) is 9.69 Å². The van der Waals surface area contributed by atoms with Crippen LogP contribution < -0.4 is 10.2 Å². The van der Waals surface area contributed by atoms with E-state index in [-0.39, 0.29) is 5.91 Å². The highest BCUT2D eigenvalue weighted by molar-refractivity contribution is 6.24. The van der Waals surface area contributed by atoms with E-state index in [4.69, 9.17) is 4.74 Å². The normalized spacial score (nSPS) is 26.4. The first-order valence-corrected chi connectivity index (χ1v) is 10.9. The topological polar surface area (TPSA) is 75.7 Å².